The maximum Gasteiger partial charge on any atom is 0.382 e. The molecular weight excluding hydrogens is 319 g/mol. The van der Waals surface area contributed by atoms with Crippen LogP contribution in [-0.4, -0.2) is 17.7 Å². The minimum atomic E-state index is -1.23. The molecule has 1 N–H and O–H groups in total. The Bertz CT molecular complexity index is 572. The lowest BCUT2D eigenvalue weighted by Crippen LogP contribution is -1.99. The fourth-order valence-corrected chi connectivity index (χ4v) is 2.59. The van der Waals surface area contributed by atoms with E-state index in [2.05, 4.69) is 12.8 Å². The van der Waals surface area contributed by atoms with Crippen LogP contribution in [0.1, 0.15) is 76.7 Å². The smallest absolute Gasteiger partial charge is 0.382 e. The summed E-state index contributed by atoms with van der Waals surface area (Å²) in [6.07, 6.45) is 12.5. The summed E-state index contributed by atoms with van der Waals surface area (Å²) in [5.74, 6) is 2.78. The van der Waals surface area contributed by atoms with Crippen molar-refractivity contribution in [1.82, 2.24) is 0 Å². The number of hydrogen-bond acceptors (Lipinski definition) is 2. The first kappa shape index (κ1) is 21.0. The number of aliphatic carboxylic acids is 1. The lowest BCUT2D eigenvalue weighted by molar-refractivity contribution is -0.130. The van der Waals surface area contributed by atoms with Gasteiger partial charge in [-0.2, -0.15) is 0 Å². The highest BCUT2D eigenvalue weighted by Gasteiger charge is 2.04. The zero-order chi connectivity index (χ0) is 18.3. The van der Waals surface area contributed by atoms with Crippen LogP contribution < -0.4 is 4.74 Å². The minimum Gasteiger partial charge on any atom is -0.491 e. The molecule has 4 heteroatoms. The second-order valence-electron chi connectivity index (χ2n) is 6.23. The van der Waals surface area contributed by atoms with Gasteiger partial charge in [-0.25, -0.2) is 9.18 Å². The Hall–Kier alpha value is -2.02. The Labute approximate surface area is 150 Å². The molecule has 138 valence electrons. The van der Waals surface area contributed by atoms with Crippen LogP contribution in [0.15, 0.2) is 18.2 Å². The Morgan fingerprint density at radius 3 is 2.20 bits per heavy atom. The molecule has 0 spiro atoms. The van der Waals surface area contributed by atoms with Gasteiger partial charge >= 0.3 is 5.97 Å². The van der Waals surface area contributed by atoms with E-state index in [0.29, 0.717) is 12.2 Å². The van der Waals surface area contributed by atoms with Crippen molar-refractivity contribution in [3.05, 3.63) is 29.6 Å². The van der Waals surface area contributed by atoms with Gasteiger partial charge in [-0.3, -0.25) is 0 Å². The number of carbonyl (C=O) groups is 1. The number of unbranched alkanes of at least 4 members (excludes halogenated alkanes) is 9. The van der Waals surface area contributed by atoms with Crippen LogP contribution in [0.25, 0.3) is 0 Å². The summed E-state index contributed by atoms with van der Waals surface area (Å²) in [4.78, 5) is 10.4. The molecule has 0 aliphatic rings. The zero-order valence-electron chi connectivity index (χ0n) is 15.2. The summed E-state index contributed by atoms with van der Waals surface area (Å²) >= 11 is 0. The minimum absolute atomic E-state index is 0.191. The van der Waals surface area contributed by atoms with Gasteiger partial charge in [-0.15, -0.1) is 0 Å². The molecule has 1 aromatic rings. The van der Waals surface area contributed by atoms with E-state index in [1.54, 1.807) is 6.07 Å². The van der Waals surface area contributed by atoms with Gasteiger partial charge in [0.05, 0.1) is 6.61 Å². The van der Waals surface area contributed by atoms with Crippen LogP contribution in [-0.2, 0) is 4.79 Å². The Morgan fingerprint density at radius 2 is 1.64 bits per heavy atom. The van der Waals surface area contributed by atoms with Gasteiger partial charge in [0.1, 0.15) is 0 Å². The van der Waals surface area contributed by atoms with Crippen molar-refractivity contribution in [3.8, 4) is 17.6 Å². The second kappa shape index (κ2) is 13.3. The molecule has 0 fully saturated rings. The van der Waals surface area contributed by atoms with Crippen molar-refractivity contribution in [3.63, 3.8) is 0 Å². The Kier molecular flexibility index (Phi) is 11.2. The topological polar surface area (TPSA) is 46.5 Å². The van der Waals surface area contributed by atoms with Crippen LogP contribution in [0.2, 0.25) is 0 Å². The van der Waals surface area contributed by atoms with Gasteiger partial charge in [0, 0.05) is 11.5 Å². The fraction of sp³-hybridized carbons (Fsp3) is 0.571. The van der Waals surface area contributed by atoms with Gasteiger partial charge in [0.2, 0.25) is 0 Å². The largest absolute Gasteiger partial charge is 0.491 e. The SMILES string of the molecule is CCCCCCCCCCCCOc1ccc(C#CC(=O)O)cc1F. The standard InChI is InChI=1S/C21H29FO3/c1-2-3-4-5-6-7-8-9-10-11-16-25-20-14-12-18(17-19(20)22)13-15-21(23)24/h12,14,17H,2-11,16H2,1H3,(H,23,24). The van der Waals surface area contributed by atoms with E-state index < -0.39 is 11.8 Å². The molecule has 3 nitrogen and oxygen atoms in total. The molecule has 0 amide bonds. The molecule has 0 heterocycles. The Balaban J connectivity index is 2.12. The summed E-state index contributed by atoms with van der Waals surface area (Å²) in [6, 6.07) is 4.26. The highest BCUT2D eigenvalue weighted by molar-refractivity contribution is 5.87. The molecular formula is C21H29FO3. The predicted molar refractivity (Wildman–Crippen MR) is 98.3 cm³/mol. The second-order valence-corrected chi connectivity index (χ2v) is 6.23. The van der Waals surface area contributed by atoms with Crippen molar-refractivity contribution in [1.29, 1.82) is 0 Å². The molecule has 1 aromatic carbocycles. The van der Waals surface area contributed by atoms with E-state index in [9.17, 15) is 9.18 Å². The predicted octanol–water partition coefficient (Wildman–Crippen LogP) is 5.56. The zero-order valence-corrected chi connectivity index (χ0v) is 15.2. The summed E-state index contributed by atoms with van der Waals surface area (Å²) < 4.78 is 19.3. The van der Waals surface area contributed by atoms with Crippen LogP contribution >= 0.6 is 0 Å². The summed E-state index contributed by atoms with van der Waals surface area (Å²) in [5.41, 5.74) is 0.325. The third-order valence-electron chi connectivity index (χ3n) is 4.00. The number of rotatable bonds is 12. The molecule has 0 radical (unpaired) electrons. The number of carboxylic acids is 1. The third kappa shape index (κ3) is 10.4. The van der Waals surface area contributed by atoms with E-state index in [4.69, 9.17) is 9.84 Å². The van der Waals surface area contributed by atoms with Gasteiger partial charge in [0.15, 0.2) is 11.6 Å². The van der Waals surface area contributed by atoms with Crippen molar-refractivity contribution < 1.29 is 19.0 Å². The van der Waals surface area contributed by atoms with E-state index in [-0.39, 0.29) is 5.75 Å². The summed E-state index contributed by atoms with van der Waals surface area (Å²) in [6.45, 7) is 2.73. The average Bonchev–Trinajstić information content (AvgIpc) is 2.59. The summed E-state index contributed by atoms with van der Waals surface area (Å²) in [5, 5.41) is 8.48. The molecule has 0 aromatic heterocycles. The van der Waals surface area contributed by atoms with Crippen LogP contribution in [0, 0.1) is 17.7 Å². The highest BCUT2D eigenvalue weighted by atomic mass is 19.1. The maximum atomic E-state index is 13.8. The van der Waals surface area contributed by atoms with Gasteiger partial charge < -0.3 is 9.84 Å². The van der Waals surface area contributed by atoms with E-state index in [1.165, 1.54) is 63.5 Å². The molecule has 25 heavy (non-hydrogen) atoms. The first-order valence-corrected chi connectivity index (χ1v) is 9.30. The monoisotopic (exact) mass is 348 g/mol. The quantitative estimate of drug-likeness (QED) is 0.397. The number of ether oxygens (including phenoxy) is 1. The molecule has 0 bridgehead atoms. The van der Waals surface area contributed by atoms with E-state index in [0.717, 1.165) is 12.8 Å². The lowest BCUT2D eigenvalue weighted by Gasteiger charge is -2.07. The number of carboxylic acid groups (broad SMARTS) is 1. The highest BCUT2D eigenvalue weighted by Crippen LogP contribution is 2.18. The molecule has 0 unspecified atom stereocenters. The van der Waals surface area contributed by atoms with Crippen molar-refractivity contribution in [2.45, 2.75) is 71.1 Å². The van der Waals surface area contributed by atoms with E-state index in [1.807, 2.05) is 5.92 Å². The summed E-state index contributed by atoms with van der Waals surface area (Å²) in [7, 11) is 0. The Morgan fingerprint density at radius 1 is 1.04 bits per heavy atom. The van der Waals surface area contributed by atoms with Gasteiger partial charge in [-0.1, -0.05) is 70.6 Å². The fourth-order valence-electron chi connectivity index (χ4n) is 2.59. The molecule has 0 saturated carbocycles. The molecule has 0 atom stereocenters. The molecule has 1 rings (SSSR count). The van der Waals surface area contributed by atoms with E-state index >= 15 is 0 Å². The van der Waals surface area contributed by atoms with Gasteiger partial charge in [0.25, 0.3) is 0 Å². The lowest BCUT2D eigenvalue weighted by atomic mass is 10.1. The first-order chi connectivity index (χ1) is 12.1. The van der Waals surface area contributed by atoms with Crippen LogP contribution in [0.4, 0.5) is 4.39 Å². The molecule has 0 aliphatic carbocycles. The van der Waals surface area contributed by atoms with Crippen LogP contribution in [0.3, 0.4) is 0 Å². The first-order valence-electron chi connectivity index (χ1n) is 9.30. The van der Waals surface area contributed by atoms with Crippen molar-refractivity contribution in [2.24, 2.45) is 0 Å². The molecule has 0 saturated heterocycles. The van der Waals surface area contributed by atoms with Crippen molar-refractivity contribution >= 4 is 5.97 Å². The number of hydrogen-bond donors (Lipinski definition) is 1. The number of benzene rings is 1. The van der Waals surface area contributed by atoms with Crippen molar-refractivity contribution in [2.75, 3.05) is 6.61 Å². The average molecular weight is 348 g/mol. The number of halogens is 1. The van der Waals surface area contributed by atoms with Gasteiger partial charge in [-0.05, 0) is 24.6 Å². The normalized spacial score (nSPS) is 10.2. The maximum absolute atomic E-state index is 13.8. The third-order valence-corrected chi connectivity index (χ3v) is 4.00. The van der Waals surface area contributed by atoms with Crippen LogP contribution in [0.5, 0.6) is 5.75 Å². The molecule has 0 aliphatic heterocycles.